The topological polar surface area (TPSA) is 164 Å². The van der Waals surface area contributed by atoms with E-state index in [4.69, 9.17) is 23.7 Å². The molecule has 3 amide bonds. The molecule has 2 aliphatic rings. The zero-order chi connectivity index (χ0) is 23.3. The van der Waals surface area contributed by atoms with Gasteiger partial charge in [0.05, 0.1) is 12.5 Å². The molecule has 2 aliphatic heterocycles. The molecule has 0 saturated carbocycles. The van der Waals surface area contributed by atoms with E-state index in [-0.39, 0.29) is 19.6 Å². The minimum atomic E-state index is -1.33. The van der Waals surface area contributed by atoms with Gasteiger partial charge in [-0.1, -0.05) is 0 Å². The summed E-state index contributed by atoms with van der Waals surface area (Å²) < 4.78 is 26.2. The minimum Gasteiger partial charge on any atom is -0.464 e. The number of urea groups is 1. The molecule has 0 spiro atoms. The highest BCUT2D eigenvalue weighted by atomic mass is 16.7. The quantitative estimate of drug-likeness (QED) is 0.379. The van der Waals surface area contributed by atoms with Gasteiger partial charge in [0.15, 0.2) is 18.4 Å². The zero-order valence-corrected chi connectivity index (χ0v) is 17.4. The number of nitrogens with zero attached hydrogens (tertiary/aromatic N) is 1. The number of esters is 4. The molecule has 0 bridgehead atoms. The first-order valence-corrected chi connectivity index (χ1v) is 9.38. The lowest BCUT2D eigenvalue weighted by molar-refractivity contribution is -0.169. The van der Waals surface area contributed by atoms with E-state index in [9.17, 15) is 28.8 Å². The predicted octanol–water partition coefficient (Wildman–Crippen LogP) is -0.989. The van der Waals surface area contributed by atoms with Crippen molar-refractivity contribution in [3.63, 3.8) is 0 Å². The maximum atomic E-state index is 12.6. The summed E-state index contributed by atoms with van der Waals surface area (Å²) in [5, 5.41) is 2.11. The van der Waals surface area contributed by atoms with Crippen LogP contribution in [0.15, 0.2) is 0 Å². The van der Waals surface area contributed by atoms with Crippen LogP contribution in [0.4, 0.5) is 4.79 Å². The maximum absolute atomic E-state index is 12.6. The average Bonchev–Trinajstić information content (AvgIpc) is 2.93. The largest absolute Gasteiger partial charge is 0.464 e. The molecule has 0 aromatic heterocycles. The first-order chi connectivity index (χ1) is 14.5. The monoisotopic (exact) mass is 444 g/mol. The Hall–Kier alpha value is -3.22. The molecule has 5 atom stereocenters. The second kappa shape index (κ2) is 10.2. The Morgan fingerprint density at radius 3 is 2.00 bits per heavy atom. The van der Waals surface area contributed by atoms with Gasteiger partial charge in [-0.2, -0.15) is 0 Å². The van der Waals surface area contributed by atoms with Gasteiger partial charge in [0.1, 0.15) is 19.3 Å². The van der Waals surface area contributed by atoms with Gasteiger partial charge in [0.25, 0.3) is 0 Å². The third-order valence-electron chi connectivity index (χ3n) is 4.39. The molecule has 2 saturated heterocycles. The number of imide groups is 1. The third-order valence-corrected chi connectivity index (χ3v) is 4.39. The number of carbonyl (C=O) groups is 6. The van der Waals surface area contributed by atoms with Crippen LogP contribution in [0, 0.1) is 0 Å². The Kier molecular flexibility index (Phi) is 7.91. The fraction of sp³-hybridized carbons (Fsp3) is 0.667. The molecule has 2 fully saturated rings. The molecule has 2 rings (SSSR count). The molecule has 0 aromatic rings. The number of hydrogen-bond acceptors (Lipinski definition) is 11. The second-order valence-corrected chi connectivity index (χ2v) is 6.94. The molecule has 1 unspecified atom stereocenters. The van der Waals surface area contributed by atoms with Crippen molar-refractivity contribution in [3.8, 4) is 0 Å². The van der Waals surface area contributed by atoms with Gasteiger partial charge < -0.3 is 23.7 Å². The van der Waals surface area contributed by atoms with Crippen LogP contribution in [0.25, 0.3) is 0 Å². The first kappa shape index (κ1) is 24.1. The number of nitrogens with one attached hydrogen (secondary N) is 1. The minimum absolute atomic E-state index is 0.224. The Labute approximate surface area is 177 Å². The van der Waals surface area contributed by atoms with Crippen molar-refractivity contribution in [2.75, 3.05) is 13.2 Å². The highest BCUT2D eigenvalue weighted by Gasteiger charge is 2.55. The average molecular weight is 444 g/mol. The lowest BCUT2D eigenvalue weighted by Crippen LogP contribution is -2.62. The molecule has 1 N–H and O–H groups in total. The van der Waals surface area contributed by atoms with Gasteiger partial charge in [-0.3, -0.25) is 34.2 Å². The van der Waals surface area contributed by atoms with Crippen molar-refractivity contribution in [3.05, 3.63) is 0 Å². The molecular formula is C18H24N2O11. The van der Waals surface area contributed by atoms with Crippen molar-refractivity contribution in [1.82, 2.24) is 10.2 Å². The van der Waals surface area contributed by atoms with Crippen LogP contribution in [-0.4, -0.2) is 84.5 Å². The summed E-state index contributed by atoms with van der Waals surface area (Å²) >= 11 is 0. The summed E-state index contributed by atoms with van der Waals surface area (Å²) in [6.45, 7) is 3.87. The van der Waals surface area contributed by atoms with E-state index in [1.807, 2.05) is 0 Å². The lowest BCUT2D eigenvalue weighted by atomic mass is 10.1. The predicted molar refractivity (Wildman–Crippen MR) is 96.8 cm³/mol. The number of rotatable bonds is 7. The van der Waals surface area contributed by atoms with Crippen molar-refractivity contribution >= 4 is 35.8 Å². The fourth-order valence-electron chi connectivity index (χ4n) is 3.31. The fourth-order valence-corrected chi connectivity index (χ4v) is 3.31. The molecule has 0 radical (unpaired) electrons. The van der Waals surface area contributed by atoms with E-state index in [2.05, 4.69) is 5.32 Å². The Balaban J connectivity index is 2.39. The third kappa shape index (κ3) is 6.38. The van der Waals surface area contributed by atoms with Gasteiger partial charge in [-0.25, -0.2) is 4.79 Å². The van der Waals surface area contributed by atoms with E-state index in [1.165, 1.54) is 0 Å². The van der Waals surface area contributed by atoms with Gasteiger partial charge in [0, 0.05) is 27.7 Å². The van der Waals surface area contributed by atoms with Gasteiger partial charge in [-0.15, -0.1) is 0 Å². The Morgan fingerprint density at radius 1 is 0.903 bits per heavy atom. The summed E-state index contributed by atoms with van der Waals surface area (Å²) in [7, 11) is 0. The number of amides is 3. The standard InChI is InChI=1S/C18H24N2O11/c1-8(21)27-6-12-5-14(25)19-18(26)20(12)17-16(30-11(4)24)15(29-10(3)23)13(31-17)7-28-9(2)22/h12-13,15-17H,5-7H2,1-4H3,(H,19,25,26)/t12?,13-,15-,16-,17-/m1/s1. The van der Waals surface area contributed by atoms with E-state index in [1.54, 1.807) is 0 Å². The molecule has 172 valence electrons. The normalized spacial score (nSPS) is 27.9. The molecule has 0 aliphatic carbocycles. The van der Waals surface area contributed by atoms with Gasteiger partial charge in [0.2, 0.25) is 5.91 Å². The molecule has 13 heteroatoms. The molecule has 0 aromatic carbocycles. The summed E-state index contributed by atoms with van der Waals surface area (Å²) in [5.74, 6) is -3.35. The molecule has 31 heavy (non-hydrogen) atoms. The highest BCUT2D eigenvalue weighted by Crippen LogP contribution is 2.32. The first-order valence-electron chi connectivity index (χ1n) is 9.38. The van der Waals surface area contributed by atoms with Crippen molar-refractivity contribution in [1.29, 1.82) is 0 Å². The molecule has 13 nitrogen and oxygen atoms in total. The van der Waals surface area contributed by atoms with Crippen LogP contribution >= 0.6 is 0 Å². The van der Waals surface area contributed by atoms with E-state index >= 15 is 0 Å². The SMILES string of the molecule is CC(=O)OCC1CC(=O)NC(=O)N1[C@@H]1O[C@H](COC(C)=O)[C@@H](OC(C)=O)[C@H]1OC(C)=O. The van der Waals surface area contributed by atoms with E-state index in [0.717, 1.165) is 32.6 Å². The summed E-state index contributed by atoms with van der Waals surface area (Å²) in [6.07, 6.45) is -5.16. The number of ether oxygens (including phenoxy) is 5. The number of hydrogen-bond donors (Lipinski definition) is 1. The van der Waals surface area contributed by atoms with Gasteiger partial charge >= 0.3 is 29.9 Å². The summed E-state index contributed by atoms with van der Waals surface area (Å²) in [4.78, 5) is 71.3. The maximum Gasteiger partial charge on any atom is 0.326 e. The Bertz CT molecular complexity index is 768. The number of carbonyl (C=O) groups excluding carboxylic acids is 6. The van der Waals surface area contributed by atoms with Crippen LogP contribution in [0.1, 0.15) is 34.1 Å². The van der Waals surface area contributed by atoms with Crippen molar-refractivity contribution in [2.45, 2.75) is 64.7 Å². The highest BCUT2D eigenvalue weighted by molar-refractivity contribution is 5.97. The van der Waals surface area contributed by atoms with Crippen LogP contribution in [0.3, 0.4) is 0 Å². The zero-order valence-electron chi connectivity index (χ0n) is 17.4. The van der Waals surface area contributed by atoms with Crippen LogP contribution in [0.2, 0.25) is 0 Å². The van der Waals surface area contributed by atoms with Crippen LogP contribution in [-0.2, 0) is 47.7 Å². The van der Waals surface area contributed by atoms with E-state index < -0.39 is 66.4 Å². The van der Waals surface area contributed by atoms with Crippen LogP contribution in [0.5, 0.6) is 0 Å². The molecule has 2 heterocycles. The van der Waals surface area contributed by atoms with Crippen molar-refractivity contribution in [2.24, 2.45) is 0 Å². The Morgan fingerprint density at radius 2 is 1.45 bits per heavy atom. The van der Waals surface area contributed by atoms with Crippen molar-refractivity contribution < 1.29 is 52.5 Å². The summed E-state index contributed by atoms with van der Waals surface area (Å²) in [5.41, 5.74) is 0. The van der Waals surface area contributed by atoms with Gasteiger partial charge in [-0.05, 0) is 0 Å². The van der Waals surface area contributed by atoms with E-state index in [0.29, 0.717) is 0 Å². The summed E-state index contributed by atoms with van der Waals surface area (Å²) in [6, 6.07) is -1.83. The molecular weight excluding hydrogens is 420 g/mol. The lowest BCUT2D eigenvalue weighted by Gasteiger charge is -2.39. The smallest absolute Gasteiger partial charge is 0.326 e. The van der Waals surface area contributed by atoms with Crippen LogP contribution < -0.4 is 5.32 Å². The second-order valence-electron chi connectivity index (χ2n) is 6.94.